The van der Waals surface area contributed by atoms with Gasteiger partial charge in [0.2, 0.25) is 0 Å². The molecule has 0 aliphatic carbocycles. The Kier molecular flexibility index (Phi) is 5.46. The lowest BCUT2D eigenvalue weighted by atomic mass is 10.1. The highest BCUT2D eigenvalue weighted by atomic mass is 16.3. The highest BCUT2D eigenvalue weighted by molar-refractivity contribution is 4.67. The molecule has 0 spiro atoms. The zero-order chi connectivity index (χ0) is 8.74. The van der Waals surface area contributed by atoms with E-state index in [1.807, 2.05) is 0 Å². The van der Waals surface area contributed by atoms with E-state index in [0.29, 0.717) is 6.54 Å². The van der Waals surface area contributed by atoms with Gasteiger partial charge in [0, 0.05) is 13.2 Å². The fraction of sp³-hybridized carbons (Fsp3) is 1.00. The molecule has 0 saturated carbocycles. The summed E-state index contributed by atoms with van der Waals surface area (Å²) in [6.07, 6.45) is 1.80. The molecule has 0 unspecified atom stereocenters. The van der Waals surface area contributed by atoms with Crippen LogP contribution >= 0.6 is 0 Å². The summed E-state index contributed by atoms with van der Waals surface area (Å²) < 4.78 is 0. The van der Waals surface area contributed by atoms with E-state index in [1.54, 1.807) is 13.8 Å². The minimum atomic E-state index is -0.626. The number of hydrogen-bond acceptors (Lipinski definition) is 3. The number of aliphatic hydroxyl groups excluding tert-OH is 1. The lowest BCUT2D eigenvalue weighted by Crippen LogP contribution is -2.35. The Balaban J connectivity index is 3.02. The van der Waals surface area contributed by atoms with Crippen molar-refractivity contribution < 1.29 is 10.2 Å². The minimum Gasteiger partial charge on any atom is -0.396 e. The third-order valence-electron chi connectivity index (χ3n) is 1.32. The molecule has 0 rings (SSSR count). The summed E-state index contributed by atoms with van der Waals surface area (Å²) in [5, 5.41) is 20.8. The van der Waals surface area contributed by atoms with Gasteiger partial charge in [-0.15, -0.1) is 0 Å². The maximum atomic E-state index is 9.26. The summed E-state index contributed by atoms with van der Waals surface area (Å²) in [5.74, 6) is 0. The smallest absolute Gasteiger partial charge is 0.0715 e. The normalized spacial score (nSPS) is 12.0. The van der Waals surface area contributed by atoms with Crippen molar-refractivity contribution in [3.63, 3.8) is 0 Å². The van der Waals surface area contributed by atoms with Crippen molar-refractivity contribution in [3.8, 4) is 0 Å². The summed E-state index contributed by atoms with van der Waals surface area (Å²) in [4.78, 5) is 0. The Morgan fingerprint density at radius 1 is 1.27 bits per heavy atom. The van der Waals surface area contributed by atoms with Crippen LogP contribution in [0.4, 0.5) is 0 Å². The van der Waals surface area contributed by atoms with Crippen molar-refractivity contribution in [3.05, 3.63) is 0 Å². The van der Waals surface area contributed by atoms with Crippen LogP contribution in [0.15, 0.2) is 0 Å². The maximum absolute atomic E-state index is 9.26. The van der Waals surface area contributed by atoms with E-state index in [4.69, 9.17) is 5.11 Å². The Hall–Kier alpha value is -0.120. The van der Waals surface area contributed by atoms with Gasteiger partial charge in [0.1, 0.15) is 0 Å². The van der Waals surface area contributed by atoms with Crippen LogP contribution < -0.4 is 5.32 Å². The molecule has 0 atom stereocenters. The summed E-state index contributed by atoms with van der Waals surface area (Å²) >= 11 is 0. The van der Waals surface area contributed by atoms with Crippen LogP contribution in [0.1, 0.15) is 26.7 Å². The van der Waals surface area contributed by atoms with Gasteiger partial charge in [0.05, 0.1) is 5.60 Å². The molecule has 0 amide bonds. The van der Waals surface area contributed by atoms with E-state index < -0.39 is 5.60 Å². The van der Waals surface area contributed by atoms with Gasteiger partial charge in [-0.05, 0) is 33.2 Å². The van der Waals surface area contributed by atoms with Gasteiger partial charge in [-0.25, -0.2) is 0 Å². The standard InChI is InChI=1S/C8H19NO2/c1-8(2,11)7-9-5-3-4-6-10/h9-11H,3-7H2,1-2H3. The minimum absolute atomic E-state index is 0.254. The molecule has 0 fully saturated rings. The first-order valence-corrected chi connectivity index (χ1v) is 4.10. The zero-order valence-electron chi connectivity index (χ0n) is 7.43. The lowest BCUT2D eigenvalue weighted by molar-refractivity contribution is 0.0798. The monoisotopic (exact) mass is 161 g/mol. The summed E-state index contributed by atoms with van der Waals surface area (Å²) in [7, 11) is 0. The van der Waals surface area contributed by atoms with Crippen LogP contribution in [0.5, 0.6) is 0 Å². The molecule has 0 saturated heterocycles. The van der Waals surface area contributed by atoms with Crippen LogP contribution in [-0.2, 0) is 0 Å². The van der Waals surface area contributed by atoms with Crippen LogP contribution in [0, 0.1) is 0 Å². The molecule has 0 aromatic carbocycles. The molecule has 68 valence electrons. The van der Waals surface area contributed by atoms with Crippen molar-refractivity contribution in [2.75, 3.05) is 19.7 Å². The Labute approximate surface area is 68.4 Å². The molecule has 0 aliphatic rings. The van der Waals surface area contributed by atoms with Crippen LogP contribution in [-0.4, -0.2) is 35.5 Å². The van der Waals surface area contributed by atoms with Crippen LogP contribution in [0.25, 0.3) is 0 Å². The van der Waals surface area contributed by atoms with Crippen molar-refractivity contribution in [1.29, 1.82) is 0 Å². The molecular weight excluding hydrogens is 142 g/mol. The average molecular weight is 161 g/mol. The van der Waals surface area contributed by atoms with Gasteiger partial charge < -0.3 is 15.5 Å². The van der Waals surface area contributed by atoms with Crippen molar-refractivity contribution >= 4 is 0 Å². The number of hydrogen-bond donors (Lipinski definition) is 3. The predicted octanol–water partition coefficient (Wildman–Crippen LogP) is 0.119. The van der Waals surface area contributed by atoms with Gasteiger partial charge in [0.15, 0.2) is 0 Å². The van der Waals surface area contributed by atoms with Crippen molar-refractivity contribution in [1.82, 2.24) is 5.32 Å². The first-order valence-electron chi connectivity index (χ1n) is 4.10. The van der Waals surface area contributed by atoms with E-state index >= 15 is 0 Å². The fourth-order valence-corrected chi connectivity index (χ4v) is 0.756. The molecule has 0 aliphatic heterocycles. The topological polar surface area (TPSA) is 52.5 Å². The van der Waals surface area contributed by atoms with E-state index in [0.717, 1.165) is 19.4 Å². The third kappa shape index (κ3) is 9.88. The molecule has 3 N–H and O–H groups in total. The summed E-state index contributed by atoms with van der Waals surface area (Å²) in [6, 6.07) is 0. The van der Waals surface area contributed by atoms with Crippen LogP contribution in [0.3, 0.4) is 0 Å². The second kappa shape index (κ2) is 5.52. The average Bonchev–Trinajstić information content (AvgIpc) is 1.85. The molecular formula is C8H19NO2. The Morgan fingerprint density at radius 2 is 1.91 bits per heavy atom. The van der Waals surface area contributed by atoms with E-state index in [9.17, 15) is 5.11 Å². The molecule has 0 aromatic heterocycles. The SMILES string of the molecule is CC(C)(O)CNCCCCO. The molecule has 3 nitrogen and oxygen atoms in total. The Bertz CT molecular complexity index is 88.6. The molecule has 0 bridgehead atoms. The highest BCUT2D eigenvalue weighted by Gasteiger charge is 2.10. The van der Waals surface area contributed by atoms with Crippen LogP contribution in [0.2, 0.25) is 0 Å². The summed E-state index contributed by atoms with van der Waals surface area (Å²) in [6.45, 7) is 5.27. The highest BCUT2D eigenvalue weighted by Crippen LogP contribution is 1.97. The predicted molar refractivity (Wildman–Crippen MR) is 45.5 cm³/mol. The van der Waals surface area contributed by atoms with Gasteiger partial charge >= 0.3 is 0 Å². The third-order valence-corrected chi connectivity index (χ3v) is 1.32. The number of aliphatic hydroxyl groups is 2. The molecule has 11 heavy (non-hydrogen) atoms. The largest absolute Gasteiger partial charge is 0.396 e. The van der Waals surface area contributed by atoms with Gasteiger partial charge in [-0.1, -0.05) is 0 Å². The van der Waals surface area contributed by atoms with Crippen molar-refractivity contribution in [2.45, 2.75) is 32.3 Å². The van der Waals surface area contributed by atoms with Gasteiger partial charge in [-0.3, -0.25) is 0 Å². The second-order valence-electron chi connectivity index (χ2n) is 3.42. The lowest BCUT2D eigenvalue weighted by Gasteiger charge is -2.17. The number of unbranched alkanes of at least 4 members (excludes halogenated alkanes) is 1. The fourth-order valence-electron chi connectivity index (χ4n) is 0.756. The van der Waals surface area contributed by atoms with E-state index in [-0.39, 0.29) is 6.61 Å². The molecule has 3 heteroatoms. The zero-order valence-corrected chi connectivity index (χ0v) is 7.43. The first kappa shape index (κ1) is 10.9. The van der Waals surface area contributed by atoms with Gasteiger partial charge in [-0.2, -0.15) is 0 Å². The summed E-state index contributed by atoms with van der Waals surface area (Å²) in [5.41, 5.74) is -0.626. The first-order chi connectivity index (χ1) is 5.06. The number of rotatable bonds is 6. The van der Waals surface area contributed by atoms with E-state index in [1.165, 1.54) is 0 Å². The second-order valence-corrected chi connectivity index (χ2v) is 3.42. The maximum Gasteiger partial charge on any atom is 0.0715 e. The molecule has 0 radical (unpaired) electrons. The number of nitrogens with one attached hydrogen (secondary N) is 1. The molecule has 0 aromatic rings. The van der Waals surface area contributed by atoms with E-state index in [2.05, 4.69) is 5.32 Å². The quantitative estimate of drug-likeness (QED) is 0.485. The van der Waals surface area contributed by atoms with Crippen molar-refractivity contribution in [2.24, 2.45) is 0 Å². The van der Waals surface area contributed by atoms with Gasteiger partial charge in [0.25, 0.3) is 0 Å². The Morgan fingerprint density at radius 3 is 2.36 bits per heavy atom. The molecule has 0 heterocycles.